The number of nitrogens with zero attached hydrogens (tertiary/aromatic N) is 5. The minimum absolute atomic E-state index is 0.0887. The van der Waals surface area contributed by atoms with Gasteiger partial charge in [-0.2, -0.15) is 0 Å². The van der Waals surface area contributed by atoms with E-state index in [2.05, 4.69) is 34.5 Å². The first-order valence-electron chi connectivity index (χ1n) is 12.5. The third kappa shape index (κ3) is 6.30. The van der Waals surface area contributed by atoms with E-state index >= 15 is 0 Å². The highest BCUT2D eigenvalue weighted by Crippen LogP contribution is 2.30. The van der Waals surface area contributed by atoms with Gasteiger partial charge >= 0.3 is 0 Å². The summed E-state index contributed by atoms with van der Waals surface area (Å²) in [6, 6.07) is 17.2. The third-order valence-corrected chi connectivity index (χ3v) is 5.95. The number of para-hydroxylation sites is 1. The van der Waals surface area contributed by atoms with Crippen LogP contribution in [0, 0.1) is 5.92 Å². The lowest BCUT2D eigenvalue weighted by molar-refractivity contribution is -0.127. The average Bonchev–Trinajstić information content (AvgIpc) is 3.31. The number of anilines is 1. The van der Waals surface area contributed by atoms with Crippen molar-refractivity contribution in [1.82, 2.24) is 25.3 Å². The molecule has 0 aliphatic rings. The first-order valence-corrected chi connectivity index (χ1v) is 12.5. The molecule has 0 saturated heterocycles. The van der Waals surface area contributed by atoms with Gasteiger partial charge in [-0.3, -0.25) is 19.5 Å². The number of rotatable bonds is 11. The molecule has 0 fully saturated rings. The summed E-state index contributed by atoms with van der Waals surface area (Å²) in [5.74, 6) is 0.546. The van der Waals surface area contributed by atoms with Crippen molar-refractivity contribution in [3.63, 3.8) is 0 Å². The fourth-order valence-corrected chi connectivity index (χ4v) is 4.09. The van der Waals surface area contributed by atoms with Gasteiger partial charge in [0.2, 0.25) is 11.8 Å². The van der Waals surface area contributed by atoms with E-state index in [0.717, 1.165) is 11.9 Å². The molecule has 2 amide bonds. The molecule has 9 heteroatoms. The Kier molecular flexibility index (Phi) is 8.45. The Hall–Kier alpha value is -4.27. The highest BCUT2D eigenvalue weighted by molar-refractivity contribution is 6.01. The predicted molar refractivity (Wildman–Crippen MR) is 142 cm³/mol. The van der Waals surface area contributed by atoms with Crippen LogP contribution < -0.4 is 15.0 Å². The maximum absolute atomic E-state index is 14.0. The largest absolute Gasteiger partial charge is 0.494 e. The Morgan fingerprint density at radius 1 is 1.03 bits per heavy atom. The second-order valence-electron chi connectivity index (χ2n) is 9.08. The first kappa shape index (κ1) is 25.8. The maximum atomic E-state index is 14.0. The Labute approximate surface area is 216 Å². The van der Waals surface area contributed by atoms with Gasteiger partial charge in [-0.1, -0.05) is 31.2 Å². The second kappa shape index (κ2) is 12.1. The number of hydrogen-bond acceptors (Lipinski definition) is 6. The Morgan fingerprint density at radius 2 is 1.76 bits per heavy atom. The molecule has 0 bridgehead atoms. The zero-order valence-electron chi connectivity index (χ0n) is 21.4. The van der Waals surface area contributed by atoms with Gasteiger partial charge in [0.1, 0.15) is 23.9 Å². The summed E-state index contributed by atoms with van der Waals surface area (Å²) in [6.45, 7) is 7.06. The van der Waals surface area contributed by atoms with E-state index in [9.17, 15) is 9.59 Å². The van der Waals surface area contributed by atoms with Crippen LogP contribution in [0.5, 0.6) is 5.75 Å². The van der Waals surface area contributed by atoms with E-state index in [-0.39, 0.29) is 18.4 Å². The van der Waals surface area contributed by atoms with Gasteiger partial charge in [0.15, 0.2) is 0 Å². The summed E-state index contributed by atoms with van der Waals surface area (Å²) in [5.41, 5.74) is 2.66. The van der Waals surface area contributed by atoms with Crippen molar-refractivity contribution >= 4 is 28.5 Å². The van der Waals surface area contributed by atoms with Crippen LogP contribution in [0.1, 0.15) is 38.8 Å². The monoisotopic (exact) mass is 500 g/mol. The van der Waals surface area contributed by atoms with Crippen LogP contribution in [0.3, 0.4) is 0 Å². The molecule has 0 spiro atoms. The molecule has 0 aliphatic heterocycles. The molecular formula is C28H32N6O3. The summed E-state index contributed by atoms with van der Waals surface area (Å²) in [5, 5.41) is 11.4. The standard InChI is InChI=1S/C28H32N6O3/c1-4-37-23-11-9-22(10-12-23)34(26(35)19-33-25-8-6-5-7-24(25)31-32-33)27(21-14-16-29-17-15-21)28(36)30-18-13-20(2)3/h5-12,14-17,20,27H,4,13,18-19H2,1-3H3,(H,30,36). The molecule has 2 heterocycles. The molecule has 0 aliphatic carbocycles. The molecule has 192 valence electrons. The van der Waals surface area contributed by atoms with Crippen LogP contribution in [-0.2, 0) is 16.1 Å². The molecule has 2 aromatic carbocycles. The number of benzene rings is 2. The predicted octanol–water partition coefficient (Wildman–Crippen LogP) is 4.16. The molecule has 4 rings (SSSR count). The number of nitrogens with one attached hydrogen (secondary N) is 1. The minimum Gasteiger partial charge on any atom is -0.494 e. The number of fused-ring (bicyclic) bond motifs is 1. The van der Waals surface area contributed by atoms with Gasteiger partial charge in [0.05, 0.1) is 12.1 Å². The first-order chi connectivity index (χ1) is 18.0. The van der Waals surface area contributed by atoms with Crippen molar-refractivity contribution in [2.75, 3.05) is 18.1 Å². The fourth-order valence-electron chi connectivity index (χ4n) is 4.09. The molecular weight excluding hydrogens is 468 g/mol. The summed E-state index contributed by atoms with van der Waals surface area (Å²) in [7, 11) is 0. The van der Waals surface area contributed by atoms with Crippen LogP contribution in [0.15, 0.2) is 73.1 Å². The van der Waals surface area contributed by atoms with E-state index in [0.29, 0.717) is 41.6 Å². The van der Waals surface area contributed by atoms with E-state index in [1.165, 1.54) is 4.90 Å². The van der Waals surface area contributed by atoms with E-state index in [4.69, 9.17) is 4.74 Å². The molecule has 4 aromatic rings. The zero-order valence-corrected chi connectivity index (χ0v) is 21.4. The van der Waals surface area contributed by atoms with E-state index in [1.807, 2.05) is 31.2 Å². The summed E-state index contributed by atoms with van der Waals surface area (Å²) in [4.78, 5) is 33.2. The topological polar surface area (TPSA) is 102 Å². The lowest BCUT2D eigenvalue weighted by Gasteiger charge is -2.31. The lowest BCUT2D eigenvalue weighted by Crippen LogP contribution is -2.45. The van der Waals surface area contributed by atoms with Gasteiger partial charge in [-0.25, -0.2) is 4.68 Å². The molecule has 0 radical (unpaired) electrons. The maximum Gasteiger partial charge on any atom is 0.249 e. The van der Waals surface area contributed by atoms with E-state index in [1.54, 1.807) is 53.5 Å². The quantitative estimate of drug-likeness (QED) is 0.332. The smallest absolute Gasteiger partial charge is 0.249 e. The second-order valence-corrected chi connectivity index (χ2v) is 9.08. The number of carbonyl (C=O) groups excluding carboxylic acids is 2. The van der Waals surface area contributed by atoms with Gasteiger partial charge in [-0.05, 0) is 73.4 Å². The van der Waals surface area contributed by atoms with Gasteiger partial charge in [-0.15, -0.1) is 5.10 Å². The Morgan fingerprint density at radius 3 is 2.46 bits per heavy atom. The van der Waals surface area contributed by atoms with Gasteiger partial charge < -0.3 is 10.1 Å². The summed E-state index contributed by atoms with van der Waals surface area (Å²) < 4.78 is 7.14. The van der Waals surface area contributed by atoms with Crippen molar-refractivity contribution in [3.05, 3.63) is 78.6 Å². The molecule has 37 heavy (non-hydrogen) atoms. The number of pyridine rings is 1. The highest BCUT2D eigenvalue weighted by atomic mass is 16.5. The molecule has 0 saturated carbocycles. The number of hydrogen-bond donors (Lipinski definition) is 1. The van der Waals surface area contributed by atoms with Crippen molar-refractivity contribution in [3.8, 4) is 5.75 Å². The Bertz CT molecular complexity index is 1320. The van der Waals surface area contributed by atoms with Gasteiger partial charge in [0, 0.05) is 24.6 Å². The zero-order chi connectivity index (χ0) is 26.2. The van der Waals surface area contributed by atoms with Crippen molar-refractivity contribution in [1.29, 1.82) is 0 Å². The molecule has 1 N–H and O–H groups in total. The average molecular weight is 501 g/mol. The van der Waals surface area contributed by atoms with Crippen LogP contribution in [0.2, 0.25) is 0 Å². The van der Waals surface area contributed by atoms with Gasteiger partial charge in [0.25, 0.3) is 0 Å². The normalized spacial score (nSPS) is 11.9. The van der Waals surface area contributed by atoms with Crippen molar-refractivity contribution in [2.24, 2.45) is 5.92 Å². The van der Waals surface area contributed by atoms with Crippen LogP contribution >= 0.6 is 0 Å². The number of ether oxygens (including phenoxy) is 1. The highest BCUT2D eigenvalue weighted by Gasteiger charge is 2.33. The minimum atomic E-state index is -0.907. The van der Waals surface area contributed by atoms with Crippen LogP contribution in [0.4, 0.5) is 5.69 Å². The van der Waals surface area contributed by atoms with Crippen molar-refractivity contribution in [2.45, 2.75) is 39.8 Å². The Balaban J connectivity index is 1.74. The van der Waals surface area contributed by atoms with E-state index < -0.39 is 6.04 Å². The van der Waals surface area contributed by atoms with Crippen molar-refractivity contribution < 1.29 is 14.3 Å². The fraction of sp³-hybridized carbons (Fsp3) is 0.321. The molecule has 1 atom stereocenters. The third-order valence-electron chi connectivity index (χ3n) is 5.95. The lowest BCUT2D eigenvalue weighted by atomic mass is 10.0. The number of aromatic nitrogens is 4. The summed E-state index contributed by atoms with van der Waals surface area (Å²) in [6.07, 6.45) is 4.07. The van der Waals surface area contributed by atoms with Crippen LogP contribution in [0.25, 0.3) is 11.0 Å². The van der Waals surface area contributed by atoms with Crippen LogP contribution in [-0.4, -0.2) is 44.9 Å². The summed E-state index contributed by atoms with van der Waals surface area (Å²) >= 11 is 0. The number of carbonyl (C=O) groups is 2. The number of amides is 2. The molecule has 1 unspecified atom stereocenters. The molecule has 2 aromatic heterocycles. The molecule has 9 nitrogen and oxygen atoms in total. The SMILES string of the molecule is CCOc1ccc(N(C(=O)Cn2nnc3ccccc32)C(C(=O)NCCC(C)C)c2ccncc2)cc1.